The van der Waals surface area contributed by atoms with Gasteiger partial charge in [-0.2, -0.15) is 0 Å². The van der Waals surface area contributed by atoms with Crippen molar-refractivity contribution < 1.29 is 19.1 Å². The number of carbonyl (C=O) groups is 2. The Balaban J connectivity index is 3.01. The fraction of sp³-hybridized carbons (Fsp3) is 0.889. The molecule has 0 aliphatic carbocycles. The van der Waals surface area contributed by atoms with E-state index in [-0.39, 0.29) is 18.1 Å². The van der Waals surface area contributed by atoms with Gasteiger partial charge in [0.05, 0.1) is 5.92 Å². The second kappa shape index (κ2) is 9.08. The number of alkyl halides is 1. The van der Waals surface area contributed by atoms with Gasteiger partial charge in [0.15, 0.2) is 6.07 Å². The predicted molar refractivity (Wildman–Crippen MR) is 98.6 cm³/mol. The van der Waals surface area contributed by atoms with Gasteiger partial charge < -0.3 is 14.4 Å². The Kier molecular flexibility index (Phi) is 8.00. The van der Waals surface area contributed by atoms with Crippen molar-refractivity contribution in [2.45, 2.75) is 78.6 Å². The first-order valence-electron chi connectivity index (χ1n) is 8.94. The van der Waals surface area contributed by atoms with Crippen LogP contribution < -0.4 is 0 Å². The van der Waals surface area contributed by atoms with Crippen molar-refractivity contribution in [2.75, 3.05) is 19.2 Å². The molecule has 1 rings (SSSR count). The molecule has 0 aromatic heterocycles. The zero-order chi connectivity index (χ0) is 19.4. The molecule has 1 saturated heterocycles. The number of halogens is 1. The first-order chi connectivity index (χ1) is 11.5. The van der Waals surface area contributed by atoms with Crippen molar-refractivity contribution in [1.29, 1.82) is 0 Å². The van der Waals surface area contributed by atoms with E-state index in [1.165, 1.54) is 0 Å². The van der Waals surface area contributed by atoms with Gasteiger partial charge in [0.1, 0.15) is 5.60 Å². The van der Waals surface area contributed by atoms with E-state index in [1.54, 1.807) is 4.90 Å². The van der Waals surface area contributed by atoms with Crippen molar-refractivity contribution in [1.82, 2.24) is 9.80 Å². The summed E-state index contributed by atoms with van der Waals surface area (Å²) in [4.78, 5) is 28.8. The summed E-state index contributed by atoms with van der Waals surface area (Å²) in [5, 5.41) is 0. The molecular weight excluding hydrogens is 344 g/mol. The number of esters is 1. The molecule has 0 saturated carbocycles. The molecule has 0 spiro atoms. The SMILES string of the molecule is CC(C)N(C(C)C)C1CC(C(=O)OCCl)CN(C(=O)OC(C)(C)C)C1. The first kappa shape index (κ1) is 22.0. The highest BCUT2D eigenvalue weighted by Gasteiger charge is 2.39. The van der Waals surface area contributed by atoms with Crippen molar-refractivity contribution in [3.8, 4) is 0 Å². The van der Waals surface area contributed by atoms with Crippen LogP contribution in [0.5, 0.6) is 0 Å². The van der Waals surface area contributed by atoms with E-state index < -0.39 is 17.6 Å². The number of hydrogen-bond acceptors (Lipinski definition) is 5. The zero-order valence-electron chi connectivity index (χ0n) is 16.5. The second-order valence-corrected chi connectivity index (χ2v) is 8.40. The molecule has 0 aromatic rings. The van der Waals surface area contributed by atoms with Crippen LogP contribution in [0.2, 0.25) is 0 Å². The standard InChI is InChI=1S/C18H33ClN2O4/c1-12(2)21(13(3)4)15-8-14(16(22)24-11-19)9-20(10-15)17(23)25-18(5,6)7/h12-15H,8-11H2,1-7H3. The fourth-order valence-electron chi connectivity index (χ4n) is 3.55. The number of amides is 1. The lowest BCUT2D eigenvalue weighted by Crippen LogP contribution is -2.57. The summed E-state index contributed by atoms with van der Waals surface area (Å²) in [6.07, 6.45) is 0.249. The molecular formula is C18H33ClN2O4. The van der Waals surface area contributed by atoms with Gasteiger partial charge in [-0.05, 0) is 54.9 Å². The second-order valence-electron chi connectivity index (χ2n) is 8.18. The highest BCUT2D eigenvalue weighted by Crippen LogP contribution is 2.26. The summed E-state index contributed by atoms with van der Waals surface area (Å²) in [6.45, 7) is 14.8. The maximum absolute atomic E-state index is 12.6. The molecule has 7 heteroatoms. The normalized spacial score (nSPS) is 21.8. The van der Waals surface area contributed by atoms with Crippen LogP contribution in [0.3, 0.4) is 0 Å². The van der Waals surface area contributed by atoms with Crippen molar-refractivity contribution in [3.63, 3.8) is 0 Å². The number of likely N-dealkylation sites (tertiary alicyclic amines) is 1. The average Bonchev–Trinajstić information content (AvgIpc) is 2.44. The summed E-state index contributed by atoms with van der Waals surface area (Å²) in [6, 6.07) is 0.487. The topological polar surface area (TPSA) is 59.1 Å². The number of nitrogens with zero attached hydrogens (tertiary/aromatic N) is 2. The highest BCUT2D eigenvalue weighted by atomic mass is 35.5. The van der Waals surface area contributed by atoms with Gasteiger partial charge in [0, 0.05) is 31.2 Å². The first-order valence-corrected chi connectivity index (χ1v) is 9.47. The maximum Gasteiger partial charge on any atom is 0.410 e. The number of hydrogen-bond donors (Lipinski definition) is 0. The molecule has 6 nitrogen and oxygen atoms in total. The van der Waals surface area contributed by atoms with Gasteiger partial charge in [-0.25, -0.2) is 4.79 Å². The van der Waals surface area contributed by atoms with Crippen LogP contribution in [0.25, 0.3) is 0 Å². The molecule has 146 valence electrons. The number of ether oxygens (including phenoxy) is 2. The molecule has 0 bridgehead atoms. The molecule has 1 heterocycles. The van der Waals surface area contributed by atoms with E-state index in [0.717, 1.165) is 0 Å². The van der Waals surface area contributed by atoms with Gasteiger partial charge in [-0.15, -0.1) is 0 Å². The van der Waals surface area contributed by atoms with Gasteiger partial charge >= 0.3 is 12.1 Å². The van der Waals surface area contributed by atoms with E-state index in [1.807, 2.05) is 20.8 Å². The quantitative estimate of drug-likeness (QED) is 0.543. The molecule has 1 aliphatic rings. The van der Waals surface area contributed by atoms with E-state index in [4.69, 9.17) is 21.1 Å². The zero-order valence-corrected chi connectivity index (χ0v) is 17.3. The van der Waals surface area contributed by atoms with E-state index in [2.05, 4.69) is 32.6 Å². The van der Waals surface area contributed by atoms with Crippen LogP contribution in [0, 0.1) is 5.92 Å². The van der Waals surface area contributed by atoms with Crippen LogP contribution in [-0.2, 0) is 14.3 Å². The molecule has 1 amide bonds. The molecule has 1 fully saturated rings. The average molecular weight is 377 g/mol. The lowest BCUT2D eigenvalue weighted by Gasteiger charge is -2.45. The Morgan fingerprint density at radius 3 is 2.16 bits per heavy atom. The van der Waals surface area contributed by atoms with Crippen LogP contribution >= 0.6 is 11.6 Å². The summed E-state index contributed by atoms with van der Waals surface area (Å²) in [7, 11) is 0. The number of rotatable bonds is 5. The van der Waals surface area contributed by atoms with E-state index in [0.29, 0.717) is 31.6 Å². The maximum atomic E-state index is 12.6. The molecule has 25 heavy (non-hydrogen) atoms. The Labute approximate surface area is 156 Å². The molecule has 2 atom stereocenters. The third kappa shape index (κ3) is 6.66. The van der Waals surface area contributed by atoms with E-state index in [9.17, 15) is 9.59 Å². The third-order valence-corrected chi connectivity index (χ3v) is 4.33. The minimum absolute atomic E-state index is 0.0640. The minimum Gasteiger partial charge on any atom is -0.449 e. The lowest BCUT2D eigenvalue weighted by molar-refractivity contribution is -0.149. The molecule has 0 N–H and O–H groups in total. The van der Waals surface area contributed by atoms with Crippen LogP contribution in [0.4, 0.5) is 4.79 Å². The number of piperidine rings is 1. The Morgan fingerprint density at radius 1 is 1.16 bits per heavy atom. The van der Waals surface area contributed by atoms with Crippen molar-refractivity contribution in [2.24, 2.45) is 5.92 Å². The highest BCUT2D eigenvalue weighted by molar-refractivity contribution is 6.17. The van der Waals surface area contributed by atoms with E-state index >= 15 is 0 Å². The Morgan fingerprint density at radius 2 is 1.72 bits per heavy atom. The molecule has 1 aliphatic heterocycles. The predicted octanol–water partition coefficient (Wildman–Crippen LogP) is 3.47. The Bertz CT molecular complexity index is 454. The summed E-state index contributed by atoms with van der Waals surface area (Å²) < 4.78 is 10.5. The monoisotopic (exact) mass is 376 g/mol. The van der Waals surface area contributed by atoms with Gasteiger partial charge in [-0.1, -0.05) is 11.6 Å². The lowest BCUT2D eigenvalue weighted by atomic mass is 9.92. The third-order valence-electron chi connectivity index (χ3n) is 4.22. The fourth-order valence-corrected chi connectivity index (χ4v) is 3.65. The van der Waals surface area contributed by atoms with Gasteiger partial charge in [0.25, 0.3) is 0 Å². The van der Waals surface area contributed by atoms with Crippen LogP contribution in [-0.4, -0.2) is 64.7 Å². The van der Waals surface area contributed by atoms with Gasteiger partial charge in [-0.3, -0.25) is 9.69 Å². The Hall–Kier alpha value is -1.01. The minimum atomic E-state index is -0.577. The van der Waals surface area contributed by atoms with Crippen LogP contribution in [0.1, 0.15) is 54.9 Å². The summed E-state index contributed by atoms with van der Waals surface area (Å²) >= 11 is 5.54. The van der Waals surface area contributed by atoms with Crippen LogP contribution in [0.15, 0.2) is 0 Å². The molecule has 0 radical (unpaired) electrons. The van der Waals surface area contributed by atoms with Gasteiger partial charge in [0.2, 0.25) is 0 Å². The van der Waals surface area contributed by atoms with Crippen molar-refractivity contribution >= 4 is 23.7 Å². The molecule has 0 aromatic carbocycles. The summed E-state index contributed by atoms with van der Waals surface area (Å²) in [5.74, 6) is -0.759. The van der Waals surface area contributed by atoms with Crippen molar-refractivity contribution in [3.05, 3.63) is 0 Å². The largest absolute Gasteiger partial charge is 0.449 e. The molecule has 2 unspecified atom stereocenters. The summed E-state index contributed by atoms with van der Waals surface area (Å²) in [5.41, 5.74) is -0.577. The smallest absolute Gasteiger partial charge is 0.410 e. The number of carbonyl (C=O) groups excluding carboxylic acids is 2.